The molecular weight excluding hydrogens is 253 g/mol. The molecule has 2 nitrogen and oxygen atoms in total. The van der Waals surface area contributed by atoms with Gasteiger partial charge in [-0.15, -0.1) is 0 Å². The van der Waals surface area contributed by atoms with Crippen molar-refractivity contribution in [1.29, 1.82) is 0 Å². The molecule has 0 aliphatic carbocycles. The lowest BCUT2D eigenvalue weighted by Crippen LogP contribution is -2.36. The van der Waals surface area contributed by atoms with E-state index in [1.54, 1.807) is 12.1 Å². The summed E-state index contributed by atoms with van der Waals surface area (Å²) in [6.07, 6.45) is 1.83. The fourth-order valence-corrected chi connectivity index (χ4v) is 2.69. The molecule has 0 radical (unpaired) electrons. The van der Waals surface area contributed by atoms with Gasteiger partial charge in [0.05, 0.1) is 11.1 Å². The van der Waals surface area contributed by atoms with E-state index >= 15 is 0 Å². The van der Waals surface area contributed by atoms with Crippen LogP contribution in [0.15, 0.2) is 18.2 Å². The van der Waals surface area contributed by atoms with Crippen LogP contribution in [0, 0.1) is 11.7 Å². The maximum Gasteiger partial charge on any atom is 0.141 e. The summed E-state index contributed by atoms with van der Waals surface area (Å²) >= 11 is 5.77. The Morgan fingerprint density at radius 2 is 2.11 bits per heavy atom. The molecule has 0 spiro atoms. The zero-order chi connectivity index (χ0) is 13.1. The van der Waals surface area contributed by atoms with Crippen molar-refractivity contribution in [2.75, 3.05) is 13.1 Å². The van der Waals surface area contributed by atoms with E-state index in [0.29, 0.717) is 5.92 Å². The van der Waals surface area contributed by atoms with Gasteiger partial charge in [-0.2, -0.15) is 0 Å². The van der Waals surface area contributed by atoms with Gasteiger partial charge in [-0.05, 0) is 56.5 Å². The maximum atomic E-state index is 13.0. The van der Waals surface area contributed by atoms with E-state index in [1.807, 2.05) is 6.92 Å². The molecule has 1 heterocycles. The van der Waals surface area contributed by atoms with E-state index in [-0.39, 0.29) is 16.9 Å². The van der Waals surface area contributed by atoms with Crippen LogP contribution in [0.4, 0.5) is 4.39 Å². The predicted molar refractivity (Wildman–Crippen MR) is 71.1 cm³/mol. The number of hydrogen-bond donors (Lipinski definition) is 1. The number of aliphatic hydroxyl groups excluding tert-OH is 1. The average Bonchev–Trinajstić information content (AvgIpc) is 2.34. The molecular formula is C14H19ClFNO. The van der Waals surface area contributed by atoms with Crippen LogP contribution >= 0.6 is 11.6 Å². The van der Waals surface area contributed by atoms with Crippen LogP contribution in [0.1, 0.15) is 25.3 Å². The van der Waals surface area contributed by atoms with E-state index in [0.717, 1.165) is 38.0 Å². The molecule has 1 aromatic rings. The summed E-state index contributed by atoms with van der Waals surface area (Å²) in [5, 5.41) is 9.73. The monoisotopic (exact) mass is 271 g/mol. The first kappa shape index (κ1) is 13.8. The van der Waals surface area contributed by atoms with Gasteiger partial charge in [0, 0.05) is 6.54 Å². The maximum absolute atomic E-state index is 13.0. The molecule has 0 saturated carbocycles. The van der Waals surface area contributed by atoms with Gasteiger partial charge < -0.3 is 5.11 Å². The first-order chi connectivity index (χ1) is 8.56. The Morgan fingerprint density at radius 1 is 1.44 bits per heavy atom. The van der Waals surface area contributed by atoms with Gasteiger partial charge >= 0.3 is 0 Å². The second-order valence-electron chi connectivity index (χ2n) is 5.10. The van der Waals surface area contributed by atoms with Crippen LogP contribution < -0.4 is 0 Å². The fraction of sp³-hybridized carbons (Fsp3) is 0.571. The number of nitrogens with zero attached hydrogens (tertiary/aromatic N) is 1. The molecule has 1 atom stereocenters. The Hall–Kier alpha value is -0.640. The molecule has 4 heteroatoms. The van der Waals surface area contributed by atoms with Gasteiger partial charge in [0.25, 0.3) is 0 Å². The van der Waals surface area contributed by atoms with E-state index in [1.165, 1.54) is 6.07 Å². The number of likely N-dealkylation sites (tertiary alicyclic amines) is 1. The Morgan fingerprint density at radius 3 is 2.67 bits per heavy atom. The van der Waals surface area contributed by atoms with Gasteiger partial charge in [0.15, 0.2) is 0 Å². The van der Waals surface area contributed by atoms with Gasteiger partial charge in [0.2, 0.25) is 0 Å². The van der Waals surface area contributed by atoms with E-state index in [9.17, 15) is 9.50 Å². The first-order valence-electron chi connectivity index (χ1n) is 6.40. The van der Waals surface area contributed by atoms with Crippen molar-refractivity contribution >= 4 is 11.6 Å². The largest absolute Gasteiger partial charge is 0.393 e. The summed E-state index contributed by atoms with van der Waals surface area (Å²) in [7, 11) is 0. The van der Waals surface area contributed by atoms with Crippen molar-refractivity contribution in [3.8, 4) is 0 Å². The lowest BCUT2D eigenvalue weighted by molar-refractivity contribution is 0.0695. The second kappa shape index (κ2) is 6.00. The number of halogens is 2. The molecule has 1 unspecified atom stereocenters. The van der Waals surface area contributed by atoms with Crippen molar-refractivity contribution in [1.82, 2.24) is 4.90 Å². The van der Waals surface area contributed by atoms with Crippen molar-refractivity contribution in [3.05, 3.63) is 34.6 Å². The lowest BCUT2D eigenvalue weighted by Gasteiger charge is -2.33. The minimum atomic E-state index is -0.367. The molecule has 2 rings (SSSR count). The van der Waals surface area contributed by atoms with E-state index in [2.05, 4.69) is 4.90 Å². The topological polar surface area (TPSA) is 23.5 Å². The minimum Gasteiger partial charge on any atom is -0.393 e. The molecule has 18 heavy (non-hydrogen) atoms. The second-order valence-corrected chi connectivity index (χ2v) is 5.51. The zero-order valence-electron chi connectivity index (χ0n) is 10.6. The molecule has 1 aromatic carbocycles. The molecule has 1 aliphatic heterocycles. The van der Waals surface area contributed by atoms with Gasteiger partial charge in [0.1, 0.15) is 5.82 Å². The Kier molecular flexibility index (Phi) is 4.60. The number of hydrogen-bond acceptors (Lipinski definition) is 2. The third-order valence-electron chi connectivity index (χ3n) is 3.70. The molecule has 1 N–H and O–H groups in total. The molecule has 0 amide bonds. The average molecular weight is 272 g/mol. The molecule has 0 aromatic heterocycles. The van der Waals surface area contributed by atoms with Gasteiger partial charge in [-0.3, -0.25) is 4.90 Å². The highest BCUT2D eigenvalue weighted by Crippen LogP contribution is 2.23. The summed E-state index contributed by atoms with van der Waals surface area (Å²) in [5.41, 5.74) is 1.04. The summed E-state index contributed by atoms with van der Waals surface area (Å²) in [4.78, 5) is 2.32. The third kappa shape index (κ3) is 3.44. The standard InChI is InChI=1S/C14H19ClFNO/c1-10(18)12-4-6-17(7-5-12)9-11-2-3-14(16)13(15)8-11/h2-3,8,10,12,18H,4-7,9H2,1H3. The zero-order valence-corrected chi connectivity index (χ0v) is 11.3. The van der Waals surface area contributed by atoms with Gasteiger partial charge in [-0.25, -0.2) is 4.39 Å². The summed E-state index contributed by atoms with van der Waals surface area (Å²) in [6, 6.07) is 4.89. The minimum absolute atomic E-state index is 0.186. The highest BCUT2D eigenvalue weighted by molar-refractivity contribution is 6.30. The SMILES string of the molecule is CC(O)C1CCN(Cc2ccc(F)c(Cl)c2)CC1. The summed E-state index contributed by atoms with van der Waals surface area (Å²) in [6.45, 7) is 4.61. The Bertz CT molecular complexity index is 403. The van der Waals surface area contributed by atoms with Crippen molar-refractivity contribution in [2.24, 2.45) is 5.92 Å². The smallest absolute Gasteiger partial charge is 0.141 e. The van der Waals surface area contributed by atoms with Gasteiger partial charge in [-0.1, -0.05) is 17.7 Å². The number of piperidine rings is 1. The van der Waals surface area contributed by atoms with Crippen LogP contribution in [0.2, 0.25) is 5.02 Å². The quantitative estimate of drug-likeness (QED) is 0.913. The number of rotatable bonds is 3. The Balaban J connectivity index is 1.89. The normalized spacial score (nSPS) is 20.0. The summed E-state index contributed by atoms with van der Waals surface area (Å²) < 4.78 is 13.0. The van der Waals surface area contributed by atoms with Crippen LogP contribution in [0.3, 0.4) is 0 Å². The summed E-state index contributed by atoms with van der Waals surface area (Å²) in [5.74, 6) is 0.0475. The molecule has 0 bridgehead atoms. The van der Waals surface area contributed by atoms with Crippen LogP contribution in [-0.2, 0) is 6.54 Å². The van der Waals surface area contributed by atoms with E-state index in [4.69, 9.17) is 11.6 Å². The van der Waals surface area contributed by atoms with Crippen molar-refractivity contribution in [2.45, 2.75) is 32.4 Å². The van der Waals surface area contributed by atoms with Crippen LogP contribution in [0.5, 0.6) is 0 Å². The van der Waals surface area contributed by atoms with Crippen LogP contribution in [0.25, 0.3) is 0 Å². The van der Waals surface area contributed by atoms with Crippen molar-refractivity contribution in [3.63, 3.8) is 0 Å². The highest BCUT2D eigenvalue weighted by atomic mass is 35.5. The van der Waals surface area contributed by atoms with Crippen LogP contribution in [-0.4, -0.2) is 29.2 Å². The van der Waals surface area contributed by atoms with Crippen molar-refractivity contribution < 1.29 is 9.50 Å². The molecule has 1 fully saturated rings. The third-order valence-corrected chi connectivity index (χ3v) is 3.99. The lowest BCUT2D eigenvalue weighted by atomic mass is 9.92. The molecule has 100 valence electrons. The van der Waals surface area contributed by atoms with E-state index < -0.39 is 0 Å². The fourth-order valence-electron chi connectivity index (χ4n) is 2.49. The number of benzene rings is 1. The highest BCUT2D eigenvalue weighted by Gasteiger charge is 2.22. The predicted octanol–water partition coefficient (Wildman–Crippen LogP) is 3.07. The molecule has 1 aliphatic rings. The first-order valence-corrected chi connectivity index (χ1v) is 6.78. The number of aliphatic hydroxyl groups is 1. The Labute approximate surface area is 112 Å². The molecule has 1 saturated heterocycles.